The van der Waals surface area contributed by atoms with Crippen molar-refractivity contribution in [3.05, 3.63) is 28.5 Å². The van der Waals surface area contributed by atoms with Crippen molar-refractivity contribution in [3.63, 3.8) is 0 Å². The zero-order chi connectivity index (χ0) is 15.9. The van der Waals surface area contributed by atoms with Gasteiger partial charge in [0.05, 0.1) is 0 Å². The van der Waals surface area contributed by atoms with Crippen LogP contribution in [-0.2, 0) is 11.3 Å². The molecule has 0 aliphatic rings. The van der Waals surface area contributed by atoms with Gasteiger partial charge in [-0.2, -0.15) is 0 Å². The first kappa shape index (κ1) is 17.9. The summed E-state index contributed by atoms with van der Waals surface area (Å²) in [6.45, 7) is 7.87. The van der Waals surface area contributed by atoms with Crippen molar-refractivity contribution >= 4 is 22.0 Å². The summed E-state index contributed by atoms with van der Waals surface area (Å²) in [5, 5.41) is 3.33. The summed E-state index contributed by atoms with van der Waals surface area (Å²) >= 11 is 3.40. The number of amides is 1. The maximum absolute atomic E-state index is 11.8. The fraction of sp³-hybridized carbons (Fsp3) is 0.600. The Balaban J connectivity index is 2.18. The Kier molecular flexibility index (Phi) is 7.11. The third-order valence-electron chi connectivity index (χ3n) is 2.64. The molecular formula is C15H24BrN3O2. The summed E-state index contributed by atoms with van der Waals surface area (Å²) in [6, 6.07) is 2.03. The second-order valence-electron chi connectivity index (χ2n) is 5.94. The fourth-order valence-electron chi connectivity index (χ4n) is 1.66. The largest absolute Gasteiger partial charge is 0.444 e. The zero-order valence-corrected chi connectivity index (χ0v) is 14.7. The molecule has 0 saturated heterocycles. The van der Waals surface area contributed by atoms with Crippen molar-refractivity contribution in [1.29, 1.82) is 0 Å². The average molecular weight is 358 g/mol. The Labute approximate surface area is 135 Å². The number of nitrogens with one attached hydrogen (secondary N) is 1. The highest BCUT2D eigenvalue weighted by Crippen LogP contribution is 2.10. The van der Waals surface area contributed by atoms with Crippen LogP contribution in [0.25, 0.3) is 0 Å². The van der Waals surface area contributed by atoms with E-state index in [9.17, 15) is 4.79 Å². The first-order chi connectivity index (χ1) is 9.78. The molecule has 0 atom stereocenters. The Hall–Kier alpha value is -1.14. The summed E-state index contributed by atoms with van der Waals surface area (Å²) in [7, 11) is 1.76. The number of hydrogen-bond donors (Lipinski definition) is 1. The lowest BCUT2D eigenvalue weighted by atomic mass is 10.2. The van der Waals surface area contributed by atoms with Crippen LogP contribution in [0.1, 0.15) is 32.8 Å². The van der Waals surface area contributed by atoms with E-state index in [1.165, 1.54) is 0 Å². The Morgan fingerprint density at radius 3 is 2.76 bits per heavy atom. The SMILES string of the molecule is CN(CCCNCc1cncc(Br)c1)C(=O)OC(C)(C)C. The van der Waals surface area contributed by atoms with Crippen molar-refractivity contribution in [2.45, 2.75) is 39.3 Å². The number of ether oxygens (including phenoxy) is 1. The second kappa shape index (κ2) is 8.34. The molecule has 21 heavy (non-hydrogen) atoms. The normalized spacial score (nSPS) is 11.3. The van der Waals surface area contributed by atoms with Gasteiger partial charge in [-0.3, -0.25) is 4.98 Å². The predicted molar refractivity (Wildman–Crippen MR) is 87.1 cm³/mol. The van der Waals surface area contributed by atoms with E-state index < -0.39 is 5.60 Å². The van der Waals surface area contributed by atoms with Gasteiger partial charge < -0.3 is 15.0 Å². The summed E-state index contributed by atoms with van der Waals surface area (Å²) in [5.74, 6) is 0. The molecule has 1 aromatic rings. The van der Waals surface area contributed by atoms with E-state index in [-0.39, 0.29) is 6.09 Å². The van der Waals surface area contributed by atoms with Crippen LogP contribution in [0.3, 0.4) is 0 Å². The van der Waals surface area contributed by atoms with Crippen molar-refractivity contribution in [1.82, 2.24) is 15.2 Å². The molecule has 1 amide bonds. The summed E-state index contributed by atoms with van der Waals surface area (Å²) < 4.78 is 6.27. The Bertz CT molecular complexity index is 460. The van der Waals surface area contributed by atoms with Gasteiger partial charge in [0.2, 0.25) is 0 Å². The molecule has 0 spiro atoms. The monoisotopic (exact) mass is 357 g/mol. The highest BCUT2D eigenvalue weighted by molar-refractivity contribution is 9.10. The van der Waals surface area contributed by atoms with E-state index in [4.69, 9.17) is 4.74 Å². The smallest absolute Gasteiger partial charge is 0.410 e. The lowest BCUT2D eigenvalue weighted by Crippen LogP contribution is -2.35. The van der Waals surface area contributed by atoms with Crippen LogP contribution < -0.4 is 5.32 Å². The molecule has 118 valence electrons. The number of rotatable bonds is 6. The van der Waals surface area contributed by atoms with E-state index in [0.717, 1.165) is 29.5 Å². The topological polar surface area (TPSA) is 54.5 Å². The average Bonchev–Trinajstić information content (AvgIpc) is 2.36. The van der Waals surface area contributed by atoms with Crippen LogP contribution in [0.4, 0.5) is 4.79 Å². The van der Waals surface area contributed by atoms with Gasteiger partial charge in [-0.1, -0.05) is 0 Å². The van der Waals surface area contributed by atoms with Gasteiger partial charge in [-0.15, -0.1) is 0 Å². The third-order valence-corrected chi connectivity index (χ3v) is 3.08. The van der Waals surface area contributed by atoms with Crippen molar-refractivity contribution in [3.8, 4) is 0 Å². The maximum atomic E-state index is 11.8. The number of carbonyl (C=O) groups excluding carboxylic acids is 1. The molecule has 1 N–H and O–H groups in total. The van der Waals surface area contributed by atoms with Gasteiger partial charge in [0.1, 0.15) is 5.60 Å². The van der Waals surface area contributed by atoms with Gasteiger partial charge in [-0.05, 0) is 61.3 Å². The third kappa shape index (κ3) is 8.02. The van der Waals surface area contributed by atoms with Crippen LogP contribution >= 0.6 is 15.9 Å². The zero-order valence-electron chi connectivity index (χ0n) is 13.1. The van der Waals surface area contributed by atoms with E-state index >= 15 is 0 Å². The number of nitrogens with zero attached hydrogens (tertiary/aromatic N) is 2. The predicted octanol–water partition coefficient (Wildman–Crippen LogP) is 3.19. The molecule has 6 heteroatoms. The number of pyridine rings is 1. The first-order valence-electron chi connectivity index (χ1n) is 7.02. The number of halogens is 1. The van der Waals surface area contributed by atoms with Gasteiger partial charge in [0.15, 0.2) is 0 Å². The van der Waals surface area contributed by atoms with E-state index in [2.05, 4.69) is 26.2 Å². The number of aromatic nitrogens is 1. The molecule has 0 aliphatic heterocycles. The molecule has 0 saturated carbocycles. The minimum atomic E-state index is -0.447. The van der Waals surface area contributed by atoms with Gasteiger partial charge in [0.25, 0.3) is 0 Å². The van der Waals surface area contributed by atoms with Crippen LogP contribution in [0.15, 0.2) is 22.9 Å². The summed E-state index contributed by atoms with van der Waals surface area (Å²) in [6.07, 6.45) is 4.19. The van der Waals surface area contributed by atoms with Crippen molar-refractivity contribution < 1.29 is 9.53 Å². The van der Waals surface area contributed by atoms with E-state index in [1.54, 1.807) is 18.1 Å². The molecule has 0 aromatic carbocycles. The highest BCUT2D eigenvalue weighted by Gasteiger charge is 2.18. The lowest BCUT2D eigenvalue weighted by Gasteiger charge is -2.24. The Morgan fingerprint density at radius 2 is 2.14 bits per heavy atom. The van der Waals surface area contributed by atoms with Crippen molar-refractivity contribution in [2.75, 3.05) is 20.1 Å². The highest BCUT2D eigenvalue weighted by atomic mass is 79.9. The number of carbonyl (C=O) groups is 1. The quantitative estimate of drug-likeness (QED) is 0.794. The van der Waals surface area contributed by atoms with Gasteiger partial charge in [-0.25, -0.2) is 4.79 Å². The van der Waals surface area contributed by atoms with Crippen LogP contribution in [-0.4, -0.2) is 41.7 Å². The van der Waals surface area contributed by atoms with Gasteiger partial charge >= 0.3 is 6.09 Å². The minimum absolute atomic E-state index is 0.279. The van der Waals surface area contributed by atoms with Crippen molar-refractivity contribution in [2.24, 2.45) is 0 Å². The molecule has 0 aliphatic carbocycles. The molecular weight excluding hydrogens is 334 g/mol. The molecule has 1 rings (SSSR count). The molecule has 1 heterocycles. The van der Waals surface area contributed by atoms with Crippen LogP contribution in [0.2, 0.25) is 0 Å². The summed E-state index contributed by atoms with van der Waals surface area (Å²) in [5.41, 5.74) is 0.682. The number of hydrogen-bond acceptors (Lipinski definition) is 4. The molecule has 0 radical (unpaired) electrons. The molecule has 0 unspecified atom stereocenters. The van der Waals surface area contributed by atoms with E-state index in [0.29, 0.717) is 6.54 Å². The standard InChI is InChI=1S/C15H24BrN3O2/c1-15(2,3)21-14(20)19(4)7-5-6-17-9-12-8-13(16)11-18-10-12/h8,10-11,17H,5-7,9H2,1-4H3. The first-order valence-corrected chi connectivity index (χ1v) is 7.81. The molecule has 1 aromatic heterocycles. The molecule has 0 bridgehead atoms. The fourth-order valence-corrected chi connectivity index (χ4v) is 2.07. The van der Waals surface area contributed by atoms with E-state index in [1.807, 2.05) is 33.0 Å². The van der Waals surface area contributed by atoms with Gasteiger partial charge in [0, 0.05) is 37.0 Å². The molecule has 5 nitrogen and oxygen atoms in total. The Morgan fingerprint density at radius 1 is 1.43 bits per heavy atom. The minimum Gasteiger partial charge on any atom is -0.444 e. The van der Waals surface area contributed by atoms with Crippen LogP contribution in [0.5, 0.6) is 0 Å². The molecule has 0 fully saturated rings. The maximum Gasteiger partial charge on any atom is 0.410 e. The lowest BCUT2D eigenvalue weighted by molar-refractivity contribution is 0.0297. The summed E-state index contributed by atoms with van der Waals surface area (Å²) in [4.78, 5) is 17.5. The van der Waals surface area contributed by atoms with Crippen LogP contribution in [0, 0.1) is 0 Å². The second-order valence-corrected chi connectivity index (χ2v) is 6.86.